The molecule has 1 aromatic rings. The molecular formula is C19H29NO5. The molecule has 0 spiro atoms. The first-order valence-electron chi connectivity index (χ1n) is 8.26. The van der Waals surface area contributed by atoms with Crippen molar-refractivity contribution in [2.45, 2.75) is 46.3 Å². The van der Waals surface area contributed by atoms with E-state index in [1.165, 1.54) is 7.11 Å². The minimum absolute atomic E-state index is 0.180. The number of alkyl carbamates (subject to hydrolysis) is 1. The van der Waals surface area contributed by atoms with Gasteiger partial charge in [0.2, 0.25) is 0 Å². The van der Waals surface area contributed by atoms with E-state index in [1.807, 2.05) is 30.3 Å². The van der Waals surface area contributed by atoms with Crippen LogP contribution in [0.15, 0.2) is 30.3 Å². The first-order valence-corrected chi connectivity index (χ1v) is 8.26. The summed E-state index contributed by atoms with van der Waals surface area (Å²) in [6.07, 6.45) is -0.516. The van der Waals surface area contributed by atoms with Crippen molar-refractivity contribution < 1.29 is 23.8 Å². The zero-order valence-electron chi connectivity index (χ0n) is 15.9. The molecular weight excluding hydrogens is 322 g/mol. The summed E-state index contributed by atoms with van der Waals surface area (Å²) in [4.78, 5) is 23.8. The summed E-state index contributed by atoms with van der Waals surface area (Å²) in [6, 6.07) is 9.09. The fourth-order valence-electron chi connectivity index (χ4n) is 2.12. The second-order valence-corrected chi connectivity index (χ2v) is 7.50. The van der Waals surface area contributed by atoms with Gasteiger partial charge in [0.25, 0.3) is 0 Å². The summed E-state index contributed by atoms with van der Waals surface area (Å²) in [6.45, 7) is 9.30. The van der Waals surface area contributed by atoms with E-state index >= 15 is 0 Å². The molecule has 0 heterocycles. The van der Waals surface area contributed by atoms with Crippen molar-refractivity contribution in [3.63, 3.8) is 0 Å². The number of rotatable bonds is 7. The van der Waals surface area contributed by atoms with Gasteiger partial charge in [-0.2, -0.15) is 0 Å². The summed E-state index contributed by atoms with van der Waals surface area (Å²) >= 11 is 0. The van der Waals surface area contributed by atoms with Crippen LogP contribution in [0.4, 0.5) is 4.79 Å². The molecule has 1 aromatic carbocycles. The van der Waals surface area contributed by atoms with Gasteiger partial charge in [-0.3, -0.25) is 4.79 Å². The molecule has 0 radical (unpaired) electrons. The van der Waals surface area contributed by atoms with E-state index in [4.69, 9.17) is 14.2 Å². The van der Waals surface area contributed by atoms with Gasteiger partial charge in [-0.05, 0) is 40.2 Å². The van der Waals surface area contributed by atoms with Gasteiger partial charge >= 0.3 is 12.1 Å². The van der Waals surface area contributed by atoms with Crippen molar-refractivity contribution in [1.29, 1.82) is 0 Å². The number of carbonyl (C=O) groups excluding carboxylic acids is 2. The van der Waals surface area contributed by atoms with Gasteiger partial charge in [0.15, 0.2) is 0 Å². The Morgan fingerprint density at radius 2 is 1.68 bits per heavy atom. The summed E-state index contributed by atoms with van der Waals surface area (Å²) in [5.41, 5.74) is -0.453. The van der Waals surface area contributed by atoms with E-state index < -0.39 is 17.1 Å². The third kappa shape index (κ3) is 7.56. The van der Waals surface area contributed by atoms with Gasteiger partial charge in [0, 0.05) is 0 Å². The number of amides is 1. The number of hydrogen-bond acceptors (Lipinski definition) is 5. The monoisotopic (exact) mass is 351 g/mol. The maximum Gasteiger partial charge on any atom is 0.408 e. The van der Waals surface area contributed by atoms with Gasteiger partial charge < -0.3 is 19.5 Å². The molecule has 0 aromatic heterocycles. The first kappa shape index (κ1) is 21.0. The number of nitrogens with one attached hydrogen (secondary N) is 1. The zero-order valence-corrected chi connectivity index (χ0v) is 15.9. The lowest BCUT2D eigenvalue weighted by Crippen LogP contribution is -2.38. The SMILES string of the molecule is COC(=O)C(C)(C)COC[C@@H](NC(=O)OC(C)(C)C)c1ccccc1. The molecule has 25 heavy (non-hydrogen) atoms. The van der Waals surface area contributed by atoms with Crippen molar-refractivity contribution in [1.82, 2.24) is 5.32 Å². The second kappa shape index (κ2) is 8.85. The summed E-state index contributed by atoms with van der Waals surface area (Å²) in [5, 5.41) is 2.82. The van der Waals surface area contributed by atoms with Crippen LogP contribution >= 0.6 is 0 Å². The molecule has 0 aliphatic rings. The molecule has 6 heteroatoms. The highest BCUT2D eigenvalue weighted by Crippen LogP contribution is 2.20. The number of carbonyl (C=O) groups is 2. The van der Waals surface area contributed by atoms with Gasteiger partial charge in [-0.25, -0.2) is 4.79 Å². The third-order valence-corrected chi connectivity index (χ3v) is 3.38. The Morgan fingerprint density at radius 3 is 2.20 bits per heavy atom. The molecule has 0 bridgehead atoms. The van der Waals surface area contributed by atoms with Gasteiger partial charge in [0.1, 0.15) is 5.60 Å². The minimum atomic E-state index is -0.762. The van der Waals surface area contributed by atoms with Crippen LogP contribution in [0.1, 0.15) is 46.2 Å². The molecule has 0 saturated carbocycles. The molecule has 6 nitrogen and oxygen atoms in total. The van der Waals surface area contributed by atoms with E-state index in [-0.39, 0.29) is 25.2 Å². The van der Waals surface area contributed by atoms with Crippen molar-refractivity contribution in [3.8, 4) is 0 Å². The van der Waals surface area contributed by atoms with Crippen LogP contribution in [0.3, 0.4) is 0 Å². The van der Waals surface area contributed by atoms with Crippen molar-refractivity contribution >= 4 is 12.1 Å². The molecule has 1 amide bonds. The Morgan fingerprint density at radius 1 is 1.08 bits per heavy atom. The van der Waals surface area contributed by atoms with E-state index in [2.05, 4.69) is 5.32 Å². The normalized spacial score (nSPS) is 13.0. The minimum Gasteiger partial charge on any atom is -0.469 e. The Balaban J connectivity index is 2.73. The van der Waals surface area contributed by atoms with E-state index in [0.29, 0.717) is 0 Å². The molecule has 0 unspecified atom stereocenters. The van der Waals surface area contributed by atoms with Crippen molar-refractivity contribution in [2.75, 3.05) is 20.3 Å². The lowest BCUT2D eigenvalue weighted by molar-refractivity contribution is -0.154. The number of esters is 1. The maximum atomic E-state index is 12.1. The van der Waals surface area contributed by atoms with Gasteiger partial charge in [0.05, 0.1) is 31.8 Å². The lowest BCUT2D eigenvalue weighted by atomic mass is 9.95. The van der Waals surface area contributed by atoms with Crippen LogP contribution in [0.25, 0.3) is 0 Å². The number of methoxy groups -OCH3 is 1. The summed E-state index contributed by atoms with van der Waals surface area (Å²) in [5.74, 6) is -0.344. The molecule has 0 saturated heterocycles. The summed E-state index contributed by atoms with van der Waals surface area (Å²) < 4.78 is 15.8. The largest absolute Gasteiger partial charge is 0.469 e. The van der Waals surface area contributed by atoms with Crippen LogP contribution in [0.2, 0.25) is 0 Å². The predicted molar refractivity (Wildman–Crippen MR) is 95.2 cm³/mol. The Hall–Kier alpha value is -2.08. The van der Waals surface area contributed by atoms with Crippen LogP contribution in [-0.2, 0) is 19.0 Å². The van der Waals surface area contributed by atoms with Crippen LogP contribution in [0, 0.1) is 5.41 Å². The highest BCUT2D eigenvalue weighted by molar-refractivity contribution is 5.75. The van der Waals surface area contributed by atoms with Crippen LogP contribution in [-0.4, -0.2) is 38.0 Å². The molecule has 140 valence electrons. The highest BCUT2D eigenvalue weighted by Gasteiger charge is 2.30. The van der Waals surface area contributed by atoms with Gasteiger partial charge in [-0.1, -0.05) is 30.3 Å². The van der Waals surface area contributed by atoms with Crippen LogP contribution < -0.4 is 5.32 Å². The van der Waals surface area contributed by atoms with Gasteiger partial charge in [-0.15, -0.1) is 0 Å². The number of hydrogen-bond donors (Lipinski definition) is 1. The highest BCUT2D eigenvalue weighted by atomic mass is 16.6. The Labute approximate surface area is 149 Å². The summed E-state index contributed by atoms with van der Waals surface area (Å²) in [7, 11) is 1.35. The smallest absolute Gasteiger partial charge is 0.408 e. The molecule has 1 atom stereocenters. The molecule has 1 rings (SSSR count). The Kier molecular flexibility index (Phi) is 7.42. The third-order valence-electron chi connectivity index (χ3n) is 3.38. The van der Waals surface area contributed by atoms with E-state index in [9.17, 15) is 9.59 Å². The fourth-order valence-corrected chi connectivity index (χ4v) is 2.12. The first-order chi connectivity index (χ1) is 11.5. The number of benzene rings is 1. The van der Waals surface area contributed by atoms with E-state index in [0.717, 1.165) is 5.56 Å². The second-order valence-electron chi connectivity index (χ2n) is 7.50. The predicted octanol–water partition coefficient (Wildman–Crippen LogP) is 3.47. The van der Waals surface area contributed by atoms with Crippen molar-refractivity contribution in [2.24, 2.45) is 5.41 Å². The maximum absolute atomic E-state index is 12.1. The molecule has 0 fully saturated rings. The molecule has 1 N–H and O–H groups in total. The van der Waals surface area contributed by atoms with Crippen LogP contribution in [0.5, 0.6) is 0 Å². The average Bonchev–Trinajstić information content (AvgIpc) is 2.52. The number of ether oxygens (including phenoxy) is 3. The zero-order chi connectivity index (χ0) is 19.1. The average molecular weight is 351 g/mol. The van der Waals surface area contributed by atoms with E-state index in [1.54, 1.807) is 34.6 Å². The Bertz CT molecular complexity index is 563. The fraction of sp³-hybridized carbons (Fsp3) is 0.579. The molecule has 0 aliphatic carbocycles. The quantitative estimate of drug-likeness (QED) is 0.762. The van der Waals surface area contributed by atoms with Crippen molar-refractivity contribution in [3.05, 3.63) is 35.9 Å². The lowest BCUT2D eigenvalue weighted by Gasteiger charge is -2.26. The standard InChI is InChI=1S/C19H29NO5/c1-18(2,3)25-17(22)20-15(14-10-8-7-9-11-14)12-24-13-19(4,5)16(21)23-6/h7-11,15H,12-13H2,1-6H3,(H,20,22)/t15-/m1/s1. The molecule has 0 aliphatic heterocycles. The topological polar surface area (TPSA) is 73.9 Å².